The number of carbonyl (C=O) groups is 1. The van der Waals surface area contributed by atoms with Gasteiger partial charge < -0.3 is 26.2 Å². The van der Waals surface area contributed by atoms with E-state index >= 15 is 0 Å². The van der Waals surface area contributed by atoms with Crippen molar-refractivity contribution in [2.75, 3.05) is 0 Å². The van der Waals surface area contributed by atoms with Crippen LogP contribution in [-0.4, -0.2) is 15.9 Å². The van der Waals surface area contributed by atoms with Crippen LogP contribution in [0.25, 0.3) is 0 Å². The van der Waals surface area contributed by atoms with E-state index < -0.39 is 12.3 Å². The van der Waals surface area contributed by atoms with Gasteiger partial charge in [0.15, 0.2) is 0 Å². The standard InChI is InChI=1S/CH2O.Fe.H2O2S/c1-2;;1-3-2/h1H2;;1-2H/q;+2;/p-2. The molecule has 0 radical (unpaired) electrons. The molecule has 0 saturated carbocycles. The van der Waals surface area contributed by atoms with Gasteiger partial charge in [0.2, 0.25) is 0 Å². The first-order chi connectivity index (χ1) is 2.41. The molecule has 0 rings (SSSR count). The molecular weight excluding hydrogens is 148 g/mol. The summed E-state index contributed by atoms with van der Waals surface area (Å²) < 4.78 is 16.6. The van der Waals surface area contributed by atoms with Crippen LogP contribution in [0.5, 0.6) is 0 Å². The zero-order valence-electron chi connectivity index (χ0n) is 2.69. The smallest absolute Gasteiger partial charge is 0.811 e. The van der Waals surface area contributed by atoms with Gasteiger partial charge in [0, 0.05) is 0 Å². The van der Waals surface area contributed by atoms with E-state index in [1.807, 2.05) is 6.79 Å². The van der Waals surface area contributed by atoms with Gasteiger partial charge in [-0.15, -0.1) is 0 Å². The summed E-state index contributed by atoms with van der Waals surface area (Å²) in [5.41, 5.74) is 0. The second kappa shape index (κ2) is 51.0. The summed E-state index contributed by atoms with van der Waals surface area (Å²) in [7, 11) is 0. The minimum absolute atomic E-state index is 0. The molecule has 3 nitrogen and oxygen atoms in total. The third-order valence-electron chi connectivity index (χ3n) is 0. The Kier molecular flexibility index (Phi) is 137. The van der Waals surface area contributed by atoms with Crippen molar-refractivity contribution < 1.29 is 31.0 Å². The molecule has 0 N–H and O–H groups in total. The van der Waals surface area contributed by atoms with E-state index in [9.17, 15) is 0 Å². The van der Waals surface area contributed by atoms with Gasteiger partial charge in [-0.05, 0) is 0 Å². The quantitative estimate of drug-likeness (QED) is 0.354. The second-order valence-electron chi connectivity index (χ2n) is 0.0680. The van der Waals surface area contributed by atoms with Gasteiger partial charge in [-0.3, -0.25) is 0 Å². The Morgan fingerprint density at radius 3 is 1.33 bits per heavy atom. The molecule has 0 aliphatic rings. The molecule has 0 aromatic carbocycles. The van der Waals surface area contributed by atoms with Crippen LogP contribution >= 0.6 is 12.3 Å². The summed E-state index contributed by atoms with van der Waals surface area (Å²) in [5.74, 6) is 0. The molecule has 0 saturated heterocycles. The number of rotatable bonds is 0. The molecule has 0 atom stereocenters. The Hall–Kier alpha value is 0.459. The molecule has 38 valence electrons. The largest absolute Gasteiger partial charge is 2.00 e. The molecule has 0 unspecified atom stereocenters. The van der Waals surface area contributed by atoms with Gasteiger partial charge in [-0.2, -0.15) is 0 Å². The molecule has 0 aliphatic carbocycles. The van der Waals surface area contributed by atoms with Gasteiger partial charge >= 0.3 is 17.1 Å². The Labute approximate surface area is 50.6 Å². The zero-order valence-corrected chi connectivity index (χ0v) is 4.61. The van der Waals surface area contributed by atoms with Gasteiger partial charge in [-0.1, -0.05) is 0 Å². The molecule has 6 heavy (non-hydrogen) atoms. The van der Waals surface area contributed by atoms with Crippen molar-refractivity contribution >= 4 is 19.1 Å². The first-order valence-electron chi connectivity index (χ1n) is 0.622. The topological polar surface area (TPSA) is 63.2 Å². The molecule has 0 fully saturated rings. The van der Waals surface area contributed by atoms with Crippen molar-refractivity contribution in [1.82, 2.24) is 0 Å². The van der Waals surface area contributed by atoms with Gasteiger partial charge in [0.05, 0.1) is 0 Å². The number of hydrogen-bond donors (Lipinski definition) is 0. The maximum Gasteiger partial charge on any atom is 2.00 e. The average molecular weight is 150 g/mol. The third kappa shape index (κ3) is 253. The molecule has 0 amide bonds. The minimum Gasteiger partial charge on any atom is -0.811 e. The fourth-order valence-corrected chi connectivity index (χ4v) is 0. The van der Waals surface area contributed by atoms with E-state index in [0.29, 0.717) is 0 Å². The monoisotopic (exact) mass is 150 g/mol. The molecule has 5 heteroatoms. The van der Waals surface area contributed by atoms with Crippen LogP contribution in [0.2, 0.25) is 0 Å². The van der Waals surface area contributed by atoms with E-state index in [-0.39, 0.29) is 17.1 Å². The molecule has 0 aliphatic heterocycles. The summed E-state index contributed by atoms with van der Waals surface area (Å²) in [6.07, 6.45) is 0. The normalized spacial score (nSPS) is 3.67. The summed E-state index contributed by atoms with van der Waals surface area (Å²) in [6.45, 7) is 2.00. The summed E-state index contributed by atoms with van der Waals surface area (Å²) in [4.78, 5) is 8.00. The van der Waals surface area contributed by atoms with Crippen LogP contribution < -0.4 is 0 Å². The molecule has 0 aromatic heterocycles. The molecular formula is CH2FeO3S. The Balaban J connectivity index is -0.0000000275. The van der Waals surface area contributed by atoms with Crippen LogP contribution in [0.4, 0.5) is 0 Å². The van der Waals surface area contributed by atoms with Crippen LogP contribution in [0.15, 0.2) is 0 Å². The minimum atomic E-state index is -0.750. The number of carbonyl (C=O) groups excluding carboxylic acids is 1. The SMILES string of the molecule is C=O.[Fe+2].[O-]S[O-]. The predicted octanol–water partition coefficient (Wildman–Crippen LogP) is -0.207. The van der Waals surface area contributed by atoms with Crippen molar-refractivity contribution in [3.63, 3.8) is 0 Å². The Bertz CT molecular complexity index is 14.8. The summed E-state index contributed by atoms with van der Waals surface area (Å²) >= 11 is -0.750. The maximum atomic E-state index is 8.29. The van der Waals surface area contributed by atoms with E-state index in [2.05, 4.69) is 0 Å². The van der Waals surface area contributed by atoms with Gasteiger partial charge in [0.25, 0.3) is 0 Å². The summed E-state index contributed by atoms with van der Waals surface area (Å²) in [5, 5.41) is 0. The van der Waals surface area contributed by atoms with Crippen LogP contribution in [0.1, 0.15) is 0 Å². The van der Waals surface area contributed by atoms with Crippen molar-refractivity contribution in [2.24, 2.45) is 0 Å². The second-order valence-corrected chi connectivity index (χ2v) is 0.204. The molecule has 0 spiro atoms. The van der Waals surface area contributed by atoms with Crippen molar-refractivity contribution in [1.29, 1.82) is 0 Å². The average Bonchev–Trinajstić information content (AvgIpc) is 1.46. The van der Waals surface area contributed by atoms with Gasteiger partial charge in [-0.25, -0.2) is 0 Å². The van der Waals surface area contributed by atoms with E-state index in [1.165, 1.54) is 0 Å². The van der Waals surface area contributed by atoms with E-state index in [4.69, 9.17) is 13.9 Å². The molecule has 0 heterocycles. The first-order valence-corrected chi connectivity index (χ1v) is 1.29. The maximum absolute atomic E-state index is 8.29. The molecule has 0 bridgehead atoms. The first kappa shape index (κ1) is 16.1. The zero-order chi connectivity index (χ0) is 4.71. The fourth-order valence-electron chi connectivity index (χ4n) is 0. The van der Waals surface area contributed by atoms with E-state index in [1.54, 1.807) is 0 Å². The predicted molar refractivity (Wildman–Crippen MR) is 16.3 cm³/mol. The Morgan fingerprint density at radius 2 is 1.33 bits per heavy atom. The van der Waals surface area contributed by atoms with Crippen molar-refractivity contribution in [2.45, 2.75) is 0 Å². The Morgan fingerprint density at radius 1 is 1.33 bits per heavy atom. The van der Waals surface area contributed by atoms with Crippen molar-refractivity contribution in [3.8, 4) is 0 Å². The van der Waals surface area contributed by atoms with Crippen LogP contribution in [0, 0.1) is 0 Å². The van der Waals surface area contributed by atoms with Gasteiger partial charge in [0.1, 0.15) is 6.79 Å². The fraction of sp³-hybridized carbons (Fsp3) is 0. The van der Waals surface area contributed by atoms with E-state index in [0.717, 1.165) is 0 Å². The van der Waals surface area contributed by atoms with Crippen LogP contribution in [-0.2, 0) is 21.9 Å². The van der Waals surface area contributed by atoms with Crippen LogP contribution in [0.3, 0.4) is 0 Å². The van der Waals surface area contributed by atoms with Crippen molar-refractivity contribution in [3.05, 3.63) is 0 Å². The molecule has 0 aromatic rings. The summed E-state index contributed by atoms with van der Waals surface area (Å²) in [6, 6.07) is 0. The number of hydrogen-bond acceptors (Lipinski definition) is 4. The third-order valence-corrected chi connectivity index (χ3v) is 0.